The number of nitrogens with zero attached hydrogens (tertiary/aromatic N) is 2. The molecule has 3 aromatic rings. The highest BCUT2D eigenvalue weighted by Gasteiger charge is 2.31. The quantitative estimate of drug-likeness (QED) is 0.322. The maximum atomic E-state index is 13.7. The van der Waals surface area contributed by atoms with Crippen LogP contribution in [0.5, 0.6) is 5.75 Å². The molecule has 218 valence electrons. The molecule has 3 aromatic carbocycles. The first-order valence-electron chi connectivity index (χ1n) is 14.1. The molecule has 0 saturated heterocycles. The molecule has 1 aliphatic carbocycles. The summed E-state index contributed by atoms with van der Waals surface area (Å²) in [6, 6.07) is 25.4. The summed E-state index contributed by atoms with van der Waals surface area (Å²) in [5.41, 5.74) is 2.39. The Hall–Kier alpha value is -3.85. The molecule has 1 fully saturated rings. The summed E-state index contributed by atoms with van der Waals surface area (Å²) < 4.78 is 32.6. The Balaban J connectivity index is 1.48. The average molecular weight is 578 g/mol. The summed E-state index contributed by atoms with van der Waals surface area (Å²) in [6.45, 7) is 1.95. The molecular formula is C32H39N3O5S. The van der Waals surface area contributed by atoms with Crippen LogP contribution in [0.1, 0.15) is 43.7 Å². The lowest BCUT2D eigenvalue weighted by Gasteiger charge is -2.32. The first-order valence-corrected chi connectivity index (χ1v) is 15.9. The Bertz CT molecular complexity index is 1380. The van der Waals surface area contributed by atoms with E-state index in [4.69, 9.17) is 4.74 Å². The second kappa shape index (κ2) is 14.2. The fourth-order valence-electron chi connectivity index (χ4n) is 5.03. The molecule has 8 nitrogen and oxygen atoms in total. The van der Waals surface area contributed by atoms with Gasteiger partial charge in [-0.1, -0.05) is 73.5 Å². The number of hydrogen-bond donors (Lipinski definition) is 1. The molecule has 9 heteroatoms. The van der Waals surface area contributed by atoms with E-state index in [1.165, 1.54) is 4.90 Å². The van der Waals surface area contributed by atoms with Gasteiger partial charge in [0.1, 0.15) is 24.9 Å². The Morgan fingerprint density at radius 1 is 0.902 bits per heavy atom. The van der Waals surface area contributed by atoms with E-state index in [9.17, 15) is 18.0 Å². The Morgan fingerprint density at radius 2 is 1.49 bits per heavy atom. The van der Waals surface area contributed by atoms with E-state index >= 15 is 0 Å². The zero-order chi connectivity index (χ0) is 29.2. The monoisotopic (exact) mass is 577 g/mol. The predicted molar refractivity (Wildman–Crippen MR) is 161 cm³/mol. The maximum absolute atomic E-state index is 13.7. The summed E-state index contributed by atoms with van der Waals surface area (Å²) in [7, 11) is -3.80. The average Bonchev–Trinajstić information content (AvgIpc) is 3.49. The van der Waals surface area contributed by atoms with Gasteiger partial charge in [-0.2, -0.15) is 0 Å². The van der Waals surface area contributed by atoms with Crippen molar-refractivity contribution in [2.75, 3.05) is 23.7 Å². The van der Waals surface area contributed by atoms with Gasteiger partial charge in [-0.05, 0) is 61.6 Å². The third kappa shape index (κ3) is 8.82. The summed E-state index contributed by atoms with van der Waals surface area (Å²) in [5.74, 6) is -0.0759. The van der Waals surface area contributed by atoms with Gasteiger partial charge < -0.3 is 15.0 Å². The highest BCUT2D eigenvalue weighted by Crippen LogP contribution is 2.23. The number of rotatable bonds is 13. The SMILES string of the molecule is CC(C(=O)NC1CCCC1)N(CCc1ccccc1)C(=O)CN(c1ccc(OCc2ccccc2)cc1)S(C)(=O)=O. The third-order valence-electron chi connectivity index (χ3n) is 7.41. The number of hydrogen-bond acceptors (Lipinski definition) is 5. The Kier molecular flexibility index (Phi) is 10.4. The van der Waals surface area contributed by atoms with Crippen molar-refractivity contribution >= 4 is 27.5 Å². The van der Waals surface area contributed by atoms with Crippen LogP contribution in [0.3, 0.4) is 0 Å². The lowest BCUT2D eigenvalue weighted by atomic mass is 10.1. The topological polar surface area (TPSA) is 96.0 Å². The molecule has 1 unspecified atom stereocenters. The number of amides is 2. The van der Waals surface area contributed by atoms with Crippen LogP contribution in [-0.2, 0) is 32.6 Å². The van der Waals surface area contributed by atoms with E-state index < -0.39 is 28.5 Å². The highest BCUT2D eigenvalue weighted by atomic mass is 32.2. The van der Waals surface area contributed by atoms with Crippen molar-refractivity contribution in [3.8, 4) is 5.75 Å². The molecule has 0 bridgehead atoms. The molecule has 1 saturated carbocycles. The van der Waals surface area contributed by atoms with Crippen LogP contribution in [0, 0.1) is 0 Å². The molecule has 1 atom stereocenters. The second-order valence-corrected chi connectivity index (χ2v) is 12.4. The standard InChI is InChI=1S/C32H39N3O5S/c1-25(32(37)33-28-15-9-10-16-28)34(22-21-26-11-5-3-6-12-26)31(36)23-35(41(2,38)39)29-17-19-30(20-18-29)40-24-27-13-7-4-8-14-27/h3-8,11-14,17-20,25,28H,9-10,15-16,21-24H2,1-2H3,(H,33,37). The van der Waals surface area contributed by atoms with Crippen LogP contribution in [-0.4, -0.2) is 56.6 Å². The lowest BCUT2D eigenvalue weighted by Crippen LogP contribution is -2.53. The van der Waals surface area contributed by atoms with Crippen molar-refractivity contribution in [1.29, 1.82) is 0 Å². The number of sulfonamides is 1. The molecule has 0 aliphatic heterocycles. The van der Waals surface area contributed by atoms with Gasteiger partial charge in [-0.3, -0.25) is 13.9 Å². The zero-order valence-electron chi connectivity index (χ0n) is 23.7. The minimum absolute atomic E-state index is 0.117. The van der Waals surface area contributed by atoms with Gasteiger partial charge in [-0.25, -0.2) is 8.42 Å². The van der Waals surface area contributed by atoms with Crippen molar-refractivity contribution in [3.05, 3.63) is 96.1 Å². The van der Waals surface area contributed by atoms with Gasteiger partial charge in [0.05, 0.1) is 11.9 Å². The smallest absolute Gasteiger partial charge is 0.244 e. The van der Waals surface area contributed by atoms with Crippen LogP contribution in [0.25, 0.3) is 0 Å². The zero-order valence-corrected chi connectivity index (χ0v) is 24.6. The summed E-state index contributed by atoms with van der Waals surface area (Å²) >= 11 is 0. The molecule has 1 aliphatic rings. The second-order valence-electron chi connectivity index (χ2n) is 10.5. The van der Waals surface area contributed by atoms with Crippen LogP contribution >= 0.6 is 0 Å². The van der Waals surface area contributed by atoms with Crippen molar-refractivity contribution in [1.82, 2.24) is 10.2 Å². The van der Waals surface area contributed by atoms with Gasteiger partial charge in [0.25, 0.3) is 0 Å². The molecule has 0 spiro atoms. The summed E-state index contributed by atoms with van der Waals surface area (Å²) in [4.78, 5) is 28.4. The van der Waals surface area contributed by atoms with Crippen molar-refractivity contribution < 1.29 is 22.7 Å². The molecule has 0 heterocycles. The first kappa shape index (κ1) is 30.1. The molecule has 1 N–H and O–H groups in total. The summed E-state index contributed by atoms with van der Waals surface area (Å²) in [5, 5.41) is 3.08. The van der Waals surface area contributed by atoms with E-state index in [2.05, 4.69) is 5.32 Å². The maximum Gasteiger partial charge on any atom is 0.244 e. The minimum atomic E-state index is -3.80. The lowest BCUT2D eigenvalue weighted by molar-refractivity contribution is -0.139. The fourth-order valence-corrected chi connectivity index (χ4v) is 5.87. The summed E-state index contributed by atoms with van der Waals surface area (Å²) in [6.07, 6.45) is 5.64. The first-order chi connectivity index (χ1) is 19.7. The van der Waals surface area contributed by atoms with Gasteiger partial charge in [0.2, 0.25) is 21.8 Å². The van der Waals surface area contributed by atoms with Gasteiger partial charge in [-0.15, -0.1) is 0 Å². The molecule has 41 heavy (non-hydrogen) atoms. The van der Waals surface area contributed by atoms with Gasteiger partial charge >= 0.3 is 0 Å². The fraction of sp³-hybridized carbons (Fsp3) is 0.375. The highest BCUT2D eigenvalue weighted by molar-refractivity contribution is 7.92. The largest absolute Gasteiger partial charge is 0.489 e. The van der Waals surface area contributed by atoms with E-state index in [1.807, 2.05) is 60.7 Å². The van der Waals surface area contributed by atoms with Crippen molar-refractivity contribution in [2.24, 2.45) is 0 Å². The van der Waals surface area contributed by atoms with Gasteiger partial charge in [0.15, 0.2) is 0 Å². The van der Waals surface area contributed by atoms with Gasteiger partial charge in [0, 0.05) is 12.6 Å². The molecular weight excluding hydrogens is 538 g/mol. The van der Waals surface area contributed by atoms with Crippen molar-refractivity contribution in [2.45, 2.75) is 57.7 Å². The Morgan fingerprint density at radius 3 is 2.07 bits per heavy atom. The number of ether oxygens (including phenoxy) is 1. The normalized spacial score (nSPS) is 14.3. The Labute approximate surface area is 243 Å². The van der Waals surface area contributed by atoms with E-state index in [0.29, 0.717) is 24.5 Å². The molecule has 0 radical (unpaired) electrons. The number of carbonyl (C=O) groups excluding carboxylic acids is 2. The molecule has 0 aromatic heterocycles. The van der Waals surface area contributed by atoms with Crippen molar-refractivity contribution in [3.63, 3.8) is 0 Å². The van der Waals surface area contributed by atoms with Crippen LogP contribution in [0.2, 0.25) is 0 Å². The van der Waals surface area contributed by atoms with Crippen LogP contribution < -0.4 is 14.4 Å². The number of benzene rings is 3. The predicted octanol–water partition coefficient (Wildman–Crippen LogP) is 4.55. The number of carbonyl (C=O) groups is 2. The number of anilines is 1. The van der Waals surface area contributed by atoms with E-state index in [-0.39, 0.29) is 18.5 Å². The molecule has 4 rings (SSSR count). The van der Waals surface area contributed by atoms with Crippen LogP contribution in [0.4, 0.5) is 5.69 Å². The molecule has 2 amide bonds. The van der Waals surface area contributed by atoms with Crippen LogP contribution in [0.15, 0.2) is 84.9 Å². The third-order valence-corrected chi connectivity index (χ3v) is 8.55. The van der Waals surface area contributed by atoms with E-state index in [0.717, 1.165) is 47.4 Å². The minimum Gasteiger partial charge on any atom is -0.489 e. The number of nitrogens with one attached hydrogen (secondary N) is 1. The van der Waals surface area contributed by atoms with E-state index in [1.54, 1.807) is 31.2 Å².